The van der Waals surface area contributed by atoms with Crippen molar-refractivity contribution >= 4 is 22.9 Å². The maximum atomic E-state index is 12.5. The molecule has 0 saturated heterocycles. The highest BCUT2D eigenvalue weighted by Gasteiger charge is 2.26. The van der Waals surface area contributed by atoms with Gasteiger partial charge in [0.05, 0.1) is 6.33 Å². The van der Waals surface area contributed by atoms with Crippen molar-refractivity contribution in [3.8, 4) is 0 Å². The van der Waals surface area contributed by atoms with Crippen LogP contribution in [0.15, 0.2) is 25.3 Å². The average molecular weight is 385 g/mol. The number of hydrogen-bond donors (Lipinski definition) is 3. The number of imidazole rings is 1. The number of anilines is 1. The Morgan fingerprint density at radius 1 is 1.24 bits per heavy atom. The van der Waals surface area contributed by atoms with Gasteiger partial charge in [-0.25, -0.2) is 15.0 Å². The number of amides is 1. The second kappa shape index (κ2) is 10.3. The van der Waals surface area contributed by atoms with Gasteiger partial charge < -0.3 is 40.4 Å². The van der Waals surface area contributed by atoms with E-state index in [9.17, 15) is 4.79 Å². The van der Waals surface area contributed by atoms with E-state index < -0.39 is 0 Å². The molecular formula is C16H22Cl2N6O-2. The quantitative estimate of drug-likeness (QED) is 0.348. The summed E-state index contributed by atoms with van der Waals surface area (Å²) in [6.07, 6.45) is 9.72. The molecule has 2 aromatic rings. The van der Waals surface area contributed by atoms with Gasteiger partial charge in [0.15, 0.2) is 11.5 Å². The number of aromatic amines is 1. The molecule has 138 valence electrons. The molecule has 0 bridgehead atoms. The maximum absolute atomic E-state index is 12.5. The molecule has 0 radical (unpaired) electrons. The van der Waals surface area contributed by atoms with Crippen molar-refractivity contribution in [2.45, 2.75) is 38.1 Å². The molecule has 1 saturated carbocycles. The summed E-state index contributed by atoms with van der Waals surface area (Å²) >= 11 is 0. The Kier molecular flexibility index (Phi) is 8.82. The zero-order valence-electron chi connectivity index (χ0n) is 13.8. The number of fused-ring (bicyclic) bond motifs is 1. The molecule has 3 rings (SSSR count). The van der Waals surface area contributed by atoms with Gasteiger partial charge in [-0.05, 0) is 38.6 Å². The van der Waals surface area contributed by atoms with E-state index in [1.807, 2.05) is 6.08 Å². The third-order valence-corrected chi connectivity index (χ3v) is 4.34. The standard InChI is InChI=1S/C16H22N6O.2ClH/c1-2-3-8-17-12-6-4-11(5-7-12)16(23)22-15-13-14(19-9-18-13)20-10-21-15;;/h2,9-12,17H,1,3-8H2,(H2,18,19,20,21,22,23);2*1H/p-2. The summed E-state index contributed by atoms with van der Waals surface area (Å²) in [7, 11) is 0. The SMILES string of the molecule is C=CCCNC1CCC(C(=O)Nc2ncnc3nc[nH]c23)CC1.[Cl-].[Cl-]. The largest absolute Gasteiger partial charge is 1.00 e. The van der Waals surface area contributed by atoms with Crippen molar-refractivity contribution in [2.75, 3.05) is 11.9 Å². The molecule has 1 fully saturated rings. The first-order chi connectivity index (χ1) is 11.3. The van der Waals surface area contributed by atoms with Crippen molar-refractivity contribution in [1.29, 1.82) is 0 Å². The molecule has 1 aliphatic carbocycles. The second-order valence-electron chi connectivity index (χ2n) is 5.89. The number of rotatable bonds is 6. The average Bonchev–Trinajstić information content (AvgIpc) is 3.05. The Morgan fingerprint density at radius 2 is 2.00 bits per heavy atom. The number of nitrogens with one attached hydrogen (secondary N) is 3. The third-order valence-electron chi connectivity index (χ3n) is 4.34. The minimum Gasteiger partial charge on any atom is -1.00 e. The van der Waals surface area contributed by atoms with Gasteiger partial charge in [-0.3, -0.25) is 4.79 Å². The molecule has 1 aliphatic rings. The van der Waals surface area contributed by atoms with Crippen LogP contribution in [0.5, 0.6) is 0 Å². The van der Waals surface area contributed by atoms with E-state index in [2.05, 4.69) is 37.1 Å². The van der Waals surface area contributed by atoms with Crippen LogP contribution in [-0.4, -0.2) is 38.4 Å². The molecule has 0 spiro atoms. The van der Waals surface area contributed by atoms with E-state index in [0.717, 1.165) is 38.6 Å². The number of H-pyrrole nitrogens is 1. The van der Waals surface area contributed by atoms with E-state index in [1.54, 1.807) is 6.33 Å². The van der Waals surface area contributed by atoms with Gasteiger partial charge in [0, 0.05) is 12.0 Å². The van der Waals surface area contributed by atoms with E-state index in [4.69, 9.17) is 0 Å². The first kappa shape index (κ1) is 21.3. The monoisotopic (exact) mass is 384 g/mol. The Bertz CT molecular complexity index is 684. The molecule has 9 heteroatoms. The summed E-state index contributed by atoms with van der Waals surface area (Å²) in [5.41, 5.74) is 1.23. The molecule has 0 aromatic carbocycles. The van der Waals surface area contributed by atoms with Crippen molar-refractivity contribution in [3.05, 3.63) is 25.3 Å². The highest BCUT2D eigenvalue weighted by atomic mass is 35.5. The Morgan fingerprint density at radius 3 is 2.72 bits per heavy atom. The van der Waals surface area contributed by atoms with Crippen LogP contribution in [0.25, 0.3) is 11.2 Å². The molecule has 7 nitrogen and oxygen atoms in total. The van der Waals surface area contributed by atoms with Crippen molar-refractivity contribution < 1.29 is 29.6 Å². The van der Waals surface area contributed by atoms with E-state index in [0.29, 0.717) is 23.0 Å². The predicted octanol–water partition coefficient (Wildman–Crippen LogP) is -3.98. The fourth-order valence-electron chi connectivity index (χ4n) is 3.03. The van der Waals surface area contributed by atoms with Crippen molar-refractivity contribution in [3.63, 3.8) is 0 Å². The van der Waals surface area contributed by atoms with Crippen LogP contribution in [0.3, 0.4) is 0 Å². The Balaban J connectivity index is 0.00000156. The summed E-state index contributed by atoms with van der Waals surface area (Å²) < 4.78 is 0. The van der Waals surface area contributed by atoms with Gasteiger partial charge in [0.1, 0.15) is 11.8 Å². The summed E-state index contributed by atoms with van der Waals surface area (Å²) in [6, 6.07) is 0.511. The number of carbonyl (C=O) groups is 1. The minimum atomic E-state index is 0. The highest BCUT2D eigenvalue weighted by molar-refractivity contribution is 5.97. The molecular weight excluding hydrogens is 363 g/mol. The van der Waals surface area contributed by atoms with Crippen molar-refractivity contribution in [1.82, 2.24) is 25.3 Å². The zero-order valence-corrected chi connectivity index (χ0v) is 15.4. The summed E-state index contributed by atoms with van der Waals surface area (Å²) in [5, 5.41) is 6.43. The molecule has 25 heavy (non-hydrogen) atoms. The van der Waals surface area contributed by atoms with Crippen molar-refractivity contribution in [2.24, 2.45) is 5.92 Å². The second-order valence-corrected chi connectivity index (χ2v) is 5.89. The molecule has 1 amide bonds. The maximum Gasteiger partial charge on any atom is 0.228 e. The molecule has 0 aliphatic heterocycles. The minimum absolute atomic E-state index is 0. The third kappa shape index (κ3) is 5.39. The van der Waals surface area contributed by atoms with Gasteiger partial charge in [-0.2, -0.15) is 0 Å². The van der Waals surface area contributed by atoms with Gasteiger partial charge >= 0.3 is 0 Å². The van der Waals surface area contributed by atoms with E-state index in [1.165, 1.54) is 6.33 Å². The molecule has 0 unspecified atom stereocenters. The molecule has 2 heterocycles. The zero-order chi connectivity index (χ0) is 16.1. The van der Waals surface area contributed by atoms with Crippen LogP contribution in [-0.2, 0) is 4.79 Å². The highest BCUT2D eigenvalue weighted by Crippen LogP contribution is 2.26. The van der Waals surface area contributed by atoms with Gasteiger partial charge in [0.25, 0.3) is 0 Å². The lowest BCUT2D eigenvalue weighted by atomic mass is 9.85. The van der Waals surface area contributed by atoms with E-state index in [-0.39, 0.29) is 36.6 Å². The molecule has 3 N–H and O–H groups in total. The van der Waals surface area contributed by atoms with Gasteiger partial charge in [0.2, 0.25) is 5.91 Å². The lowest BCUT2D eigenvalue weighted by Crippen LogP contribution is -3.00. The summed E-state index contributed by atoms with van der Waals surface area (Å²) in [4.78, 5) is 27.7. The van der Waals surface area contributed by atoms with Gasteiger partial charge in [-0.1, -0.05) is 6.08 Å². The van der Waals surface area contributed by atoms with Crippen LogP contribution < -0.4 is 35.4 Å². The predicted molar refractivity (Wildman–Crippen MR) is 88.9 cm³/mol. The van der Waals surface area contributed by atoms with Crippen LogP contribution >= 0.6 is 0 Å². The summed E-state index contributed by atoms with van der Waals surface area (Å²) in [5.74, 6) is 0.577. The number of nitrogens with zero attached hydrogens (tertiary/aromatic N) is 3. The fourth-order valence-corrected chi connectivity index (χ4v) is 3.03. The first-order valence-electron chi connectivity index (χ1n) is 8.07. The van der Waals surface area contributed by atoms with Crippen LogP contribution in [0.2, 0.25) is 0 Å². The van der Waals surface area contributed by atoms with Crippen LogP contribution in [0.4, 0.5) is 5.82 Å². The smallest absolute Gasteiger partial charge is 0.228 e. The first-order valence-corrected chi connectivity index (χ1v) is 8.07. The van der Waals surface area contributed by atoms with Crippen LogP contribution in [0.1, 0.15) is 32.1 Å². The Labute approximate surface area is 159 Å². The number of aromatic nitrogens is 4. The number of carbonyl (C=O) groups excluding carboxylic acids is 1. The normalized spacial score (nSPS) is 19.5. The lowest BCUT2D eigenvalue weighted by molar-refractivity contribution is -0.120. The van der Waals surface area contributed by atoms with Gasteiger partial charge in [-0.15, -0.1) is 6.58 Å². The number of hydrogen-bond acceptors (Lipinski definition) is 5. The van der Waals surface area contributed by atoms with E-state index >= 15 is 0 Å². The van der Waals surface area contributed by atoms with Crippen LogP contribution in [0, 0.1) is 5.92 Å². The fraction of sp³-hybridized carbons (Fsp3) is 0.500. The molecule has 0 atom stereocenters. The Hall–Kier alpha value is -1.70. The molecule has 2 aromatic heterocycles. The summed E-state index contributed by atoms with van der Waals surface area (Å²) in [6.45, 7) is 4.69. The lowest BCUT2D eigenvalue weighted by Gasteiger charge is -2.28. The topological polar surface area (TPSA) is 95.6 Å². The number of halogens is 2.